The van der Waals surface area contributed by atoms with Gasteiger partial charge in [-0.2, -0.15) is 0 Å². The van der Waals surface area contributed by atoms with Gasteiger partial charge in [0, 0.05) is 0 Å². The van der Waals surface area contributed by atoms with E-state index in [2.05, 4.69) is 79.7 Å². The maximum Gasteiger partial charge on any atom is -0.0146 e. The van der Waals surface area contributed by atoms with Crippen molar-refractivity contribution in [3.63, 3.8) is 0 Å². The molecular weight excluding hydrogens is 360 g/mol. The molecule has 0 heteroatoms. The summed E-state index contributed by atoms with van der Waals surface area (Å²) in [6.45, 7) is 2.50. The van der Waals surface area contributed by atoms with Crippen LogP contribution in [0.2, 0.25) is 0 Å². The van der Waals surface area contributed by atoms with E-state index in [0.29, 0.717) is 11.8 Å². The molecule has 6 rings (SSSR count). The number of rotatable bonds is 2. The zero-order valence-electron chi connectivity index (χ0n) is 17.9. The summed E-state index contributed by atoms with van der Waals surface area (Å²) in [4.78, 5) is 0. The van der Waals surface area contributed by atoms with E-state index in [-0.39, 0.29) is 0 Å². The zero-order chi connectivity index (χ0) is 20.1. The Bertz CT molecular complexity index is 1230. The predicted molar refractivity (Wildman–Crippen MR) is 128 cm³/mol. The molecule has 4 aromatic rings. The maximum atomic E-state index is 2.50. The van der Waals surface area contributed by atoms with Crippen LogP contribution in [-0.2, 0) is 12.8 Å². The standard InChI is InChI=1S/C30H30/c1-20-25(18-17-24-16-14-21-7-2-4-11-27(21)29(20)24)19-26-10-6-9-23-15-13-22-8-3-5-12-28(22)30(23)26/h2-5,7-8,11-16,20,25-26H,6,9-10,17-19H2,1H3/t20-,25-,26+/m1/s1. The highest BCUT2D eigenvalue weighted by Crippen LogP contribution is 2.47. The van der Waals surface area contributed by atoms with E-state index < -0.39 is 0 Å². The molecule has 0 unspecified atom stereocenters. The summed E-state index contributed by atoms with van der Waals surface area (Å²) in [5.74, 6) is 2.13. The van der Waals surface area contributed by atoms with Crippen molar-refractivity contribution in [2.24, 2.45) is 5.92 Å². The van der Waals surface area contributed by atoms with Gasteiger partial charge in [0.2, 0.25) is 0 Å². The molecule has 4 aromatic carbocycles. The molecule has 2 aliphatic rings. The number of benzene rings is 4. The van der Waals surface area contributed by atoms with Crippen LogP contribution in [0.15, 0.2) is 72.8 Å². The van der Waals surface area contributed by atoms with E-state index in [1.165, 1.54) is 60.1 Å². The average Bonchev–Trinajstić information content (AvgIpc) is 2.80. The molecule has 0 heterocycles. The minimum absolute atomic E-state index is 0.639. The summed E-state index contributed by atoms with van der Waals surface area (Å²) in [7, 11) is 0. The fourth-order valence-corrected chi connectivity index (χ4v) is 6.57. The lowest BCUT2D eigenvalue weighted by molar-refractivity contribution is 0.326. The van der Waals surface area contributed by atoms with Crippen LogP contribution >= 0.6 is 0 Å². The lowest BCUT2D eigenvalue weighted by Gasteiger charge is -2.36. The van der Waals surface area contributed by atoms with Gasteiger partial charge in [0.15, 0.2) is 0 Å². The third-order valence-corrected chi connectivity index (χ3v) is 8.06. The molecule has 150 valence electrons. The summed E-state index contributed by atoms with van der Waals surface area (Å²) in [6, 6.07) is 27.5. The Kier molecular flexibility index (Phi) is 4.41. The van der Waals surface area contributed by atoms with Crippen LogP contribution in [0.4, 0.5) is 0 Å². The van der Waals surface area contributed by atoms with Gasteiger partial charge in [0.1, 0.15) is 0 Å². The highest BCUT2D eigenvalue weighted by molar-refractivity contribution is 5.88. The first kappa shape index (κ1) is 18.2. The zero-order valence-corrected chi connectivity index (χ0v) is 17.9. The van der Waals surface area contributed by atoms with Gasteiger partial charge in [-0.3, -0.25) is 0 Å². The van der Waals surface area contributed by atoms with Crippen LogP contribution in [0, 0.1) is 5.92 Å². The largest absolute Gasteiger partial charge is 0.0616 e. The van der Waals surface area contributed by atoms with Gasteiger partial charge < -0.3 is 0 Å². The first-order valence-corrected chi connectivity index (χ1v) is 11.8. The summed E-state index contributed by atoms with van der Waals surface area (Å²) in [5.41, 5.74) is 6.51. The Balaban J connectivity index is 1.38. The molecule has 0 aliphatic heterocycles. The normalized spacial score (nSPS) is 23.3. The molecule has 0 radical (unpaired) electrons. The van der Waals surface area contributed by atoms with Crippen LogP contribution in [0.1, 0.15) is 66.7 Å². The highest BCUT2D eigenvalue weighted by Gasteiger charge is 2.32. The summed E-state index contributed by atoms with van der Waals surface area (Å²) in [5, 5.41) is 5.81. The molecule has 0 nitrogen and oxygen atoms in total. The third kappa shape index (κ3) is 2.88. The molecule has 2 aliphatic carbocycles. The molecule has 0 saturated carbocycles. The Labute approximate surface area is 179 Å². The van der Waals surface area contributed by atoms with E-state index >= 15 is 0 Å². The molecule has 3 atom stereocenters. The van der Waals surface area contributed by atoms with Gasteiger partial charge in [-0.05, 0) is 100 Å². The average molecular weight is 391 g/mol. The first-order chi connectivity index (χ1) is 14.8. The van der Waals surface area contributed by atoms with Crippen molar-refractivity contribution >= 4 is 21.5 Å². The van der Waals surface area contributed by atoms with Crippen molar-refractivity contribution in [2.45, 2.75) is 57.3 Å². The van der Waals surface area contributed by atoms with E-state index in [4.69, 9.17) is 0 Å². The minimum Gasteiger partial charge on any atom is -0.0616 e. The minimum atomic E-state index is 0.639. The van der Waals surface area contributed by atoms with E-state index in [1.807, 2.05) is 0 Å². The van der Waals surface area contributed by atoms with E-state index in [1.54, 1.807) is 22.3 Å². The number of hydrogen-bond donors (Lipinski definition) is 0. The van der Waals surface area contributed by atoms with E-state index in [0.717, 1.165) is 5.92 Å². The van der Waals surface area contributed by atoms with Gasteiger partial charge >= 0.3 is 0 Å². The van der Waals surface area contributed by atoms with Gasteiger partial charge in [-0.15, -0.1) is 0 Å². The second kappa shape index (κ2) is 7.27. The quantitative estimate of drug-likeness (QED) is 0.324. The lowest BCUT2D eigenvalue weighted by atomic mass is 9.68. The smallest absolute Gasteiger partial charge is 0.0146 e. The maximum absolute atomic E-state index is 2.50. The van der Waals surface area contributed by atoms with Gasteiger partial charge in [0.25, 0.3) is 0 Å². The molecule has 30 heavy (non-hydrogen) atoms. The fraction of sp³-hybridized carbons (Fsp3) is 0.333. The second-order valence-electron chi connectivity index (χ2n) is 9.63. The first-order valence-electron chi connectivity index (χ1n) is 11.8. The van der Waals surface area contributed by atoms with Crippen molar-refractivity contribution in [2.75, 3.05) is 0 Å². The fourth-order valence-electron chi connectivity index (χ4n) is 6.57. The summed E-state index contributed by atoms with van der Waals surface area (Å²) >= 11 is 0. The predicted octanol–water partition coefficient (Wildman–Crippen LogP) is 8.17. The molecule has 0 saturated heterocycles. The SMILES string of the molecule is C[C@H]1c2c(ccc3ccccc23)CC[C@@H]1C[C@@H]1CCCc2ccc3ccccc3c21. The summed E-state index contributed by atoms with van der Waals surface area (Å²) < 4.78 is 0. The number of fused-ring (bicyclic) bond motifs is 6. The molecule has 0 aromatic heterocycles. The van der Waals surface area contributed by atoms with Crippen LogP contribution in [0.3, 0.4) is 0 Å². The monoisotopic (exact) mass is 390 g/mol. The molecule has 0 N–H and O–H groups in total. The number of hydrogen-bond acceptors (Lipinski definition) is 0. The van der Waals surface area contributed by atoms with Crippen molar-refractivity contribution in [1.82, 2.24) is 0 Å². The number of aryl methyl sites for hydroxylation is 2. The van der Waals surface area contributed by atoms with Crippen molar-refractivity contribution in [1.29, 1.82) is 0 Å². The van der Waals surface area contributed by atoms with Gasteiger partial charge in [-0.1, -0.05) is 79.7 Å². The van der Waals surface area contributed by atoms with Gasteiger partial charge in [0.05, 0.1) is 0 Å². The van der Waals surface area contributed by atoms with E-state index in [9.17, 15) is 0 Å². The highest BCUT2D eigenvalue weighted by atomic mass is 14.4. The molecule has 0 amide bonds. The second-order valence-corrected chi connectivity index (χ2v) is 9.63. The lowest BCUT2D eigenvalue weighted by Crippen LogP contribution is -2.23. The van der Waals surface area contributed by atoms with Crippen molar-refractivity contribution < 1.29 is 0 Å². The van der Waals surface area contributed by atoms with Crippen LogP contribution < -0.4 is 0 Å². The molecule has 0 bridgehead atoms. The van der Waals surface area contributed by atoms with Crippen LogP contribution in [0.5, 0.6) is 0 Å². The van der Waals surface area contributed by atoms with Crippen LogP contribution in [-0.4, -0.2) is 0 Å². The molecule has 0 fully saturated rings. The Morgan fingerprint density at radius 3 is 2.03 bits per heavy atom. The van der Waals surface area contributed by atoms with Crippen LogP contribution in [0.25, 0.3) is 21.5 Å². The Morgan fingerprint density at radius 1 is 0.667 bits per heavy atom. The topological polar surface area (TPSA) is 0 Å². The van der Waals surface area contributed by atoms with Crippen molar-refractivity contribution in [3.8, 4) is 0 Å². The Hall–Kier alpha value is -2.60. The van der Waals surface area contributed by atoms with Crippen molar-refractivity contribution in [3.05, 3.63) is 95.1 Å². The summed E-state index contributed by atoms with van der Waals surface area (Å²) in [6.07, 6.45) is 7.87. The van der Waals surface area contributed by atoms with Gasteiger partial charge in [-0.25, -0.2) is 0 Å². The Morgan fingerprint density at radius 2 is 1.30 bits per heavy atom. The molecule has 0 spiro atoms. The third-order valence-electron chi connectivity index (χ3n) is 8.06. The molecular formula is C30H30.